The van der Waals surface area contributed by atoms with Crippen LogP contribution in [0.2, 0.25) is 0 Å². The summed E-state index contributed by atoms with van der Waals surface area (Å²) >= 11 is 0. The van der Waals surface area contributed by atoms with Crippen molar-refractivity contribution in [1.82, 2.24) is 9.55 Å². The third-order valence-corrected chi connectivity index (χ3v) is 3.44. The quantitative estimate of drug-likeness (QED) is 0.806. The molecule has 1 aliphatic heterocycles. The fourth-order valence-corrected chi connectivity index (χ4v) is 2.18. The minimum atomic E-state index is -0.0725. The van der Waals surface area contributed by atoms with Gasteiger partial charge in [-0.3, -0.25) is 9.36 Å². The predicted molar refractivity (Wildman–Crippen MR) is 70.7 cm³/mol. The summed E-state index contributed by atoms with van der Waals surface area (Å²) < 4.78 is 7.06. The van der Waals surface area contributed by atoms with E-state index in [0.717, 1.165) is 38.3 Å². The maximum absolute atomic E-state index is 12.1. The van der Waals surface area contributed by atoms with Crippen molar-refractivity contribution in [3.8, 4) is 0 Å². The first-order valence-corrected chi connectivity index (χ1v) is 6.61. The van der Waals surface area contributed by atoms with Gasteiger partial charge in [-0.1, -0.05) is 20.8 Å². The first kappa shape index (κ1) is 13.3. The Balaban J connectivity index is 2.12. The lowest BCUT2D eigenvalue weighted by Gasteiger charge is -2.23. The molecule has 0 N–H and O–H groups in total. The smallest absolute Gasteiger partial charge is 0.253 e. The second-order valence-corrected chi connectivity index (χ2v) is 6.07. The highest BCUT2D eigenvalue weighted by molar-refractivity contribution is 5.10. The van der Waals surface area contributed by atoms with Gasteiger partial charge < -0.3 is 4.74 Å². The standard InChI is InChI=1S/C14H22N2O2/c1-14(2,3)12-8-13(17)16(10-15-12)9-11-4-6-18-7-5-11/h8,10-11H,4-7,9H2,1-3H3. The number of aromatic nitrogens is 2. The van der Waals surface area contributed by atoms with Crippen LogP contribution in [0.25, 0.3) is 0 Å². The van der Waals surface area contributed by atoms with E-state index in [4.69, 9.17) is 4.74 Å². The molecular formula is C14H22N2O2. The molecule has 4 heteroatoms. The monoisotopic (exact) mass is 250 g/mol. The highest BCUT2D eigenvalue weighted by atomic mass is 16.5. The zero-order valence-electron chi connectivity index (χ0n) is 11.5. The fourth-order valence-electron chi connectivity index (χ4n) is 2.18. The van der Waals surface area contributed by atoms with Crippen LogP contribution in [-0.2, 0) is 16.7 Å². The second-order valence-electron chi connectivity index (χ2n) is 6.07. The van der Waals surface area contributed by atoms with Gasteiger partial charge in [0, 0.05) is 31.2 Å². The Morgan fingerprint density at radius 2 is 2.06 bits per heavy atom. The summed E-state index contributed by atoms with van der Waals surface area (Å²) in [6.45, 7) is 8.59. The van der Waals surface area contributed by atoms with Crippen molar-refractivity contribution in [2.75, 3.05) is 13.2 Å². The van der Waals surface area contributed by atoms with Gasteiger partial charge in [-0.25, -0.2) is 4.98 Å². The molecule has 1 aromatic rings. The van der Waals surface area contributed by atoms with Gasteiger partial charge in [-0.05, 0) is 18.8 Å². The molecule has 0 bridgehead atoms. The molecule has 4 nitrogen and oxygen atoms in total. The van der Waals surface area contributed by atoms with Crippen molar-refractivity contribution in [3.63, 3.8) is 0 Å². The molecule has 1 saturated heterocycles. The lowest BCUT2D eigenvalue weighted by molar-refractivity contribution is 0.0608. The van der Waals surface area contributed by atoms with Crippen LogP contribution in [0.3, 0.4) is 0 Å². The number of rotatable bonds is 2. The number of hydrogen-bond donors (Lipinski definition) is 0. The molecule has 1 aliphatic rings. The molecule has 0 unspecified atom stereocenters. The van der Waals surface area contributed by atoms with Crippen LogP contribution in [0.4, 0.5) is 0 Å². The van der Waals surface area contributed by atoms with E-state index in [9.17, 15) is 4.79 Å². The van der Waals surface area contributed by atoms with Gasteiger partial charge in [-0.2, -0.15) is 0 Å². The fraction of sp³-hybridized carbons (Fsp3) is 0.714. The number of hydrogen-bond acceptors (Lipinski definition) is 3. The average Bonchev–Trinajstić information content (AvgIpc) is 2.32. The van der Waals surface area contributed by atoms with Crippen LogP contribution < -0.4 is 5.56 Å². The Morgan fingerprint density at radius 1 is 1.39 bits per heavy atom. The van der Waals surface area contributed by atoms with Crippen molar-refractivity contribution in [2.24, 2.45) is 5.92 Å². The Kier molecular flexibility index (Phi) is 3.85. The molecule has 0 spiro atoms. The predicted octanol–water partition coefficient (Wildman–Crippen LogP) is 1.97. The average molecular weight is 250 g/mol. The first-order valence-electron chi connectivity index (χ1n) is 6.61. The third kappa shape index (κ3) is 3.19. The molecule has 0 saturated carbocycles. The summed E-state index contributed by atoms with van der Waals surface area (Å²) in [5.41, 5.74) is 0.842. The lowest BCUT2D eigenvalue weighted by atomic mass is 9.92. The topological polar surface area (TPSA) is 44.1 Å². The summed E-state index contributed by atoms with van der Waals surface area (Å²) in [6.07, 6.45) is 3.76. The van der Waals surface area contributed by atoms with Gasteiger partial charge >= 0.3 is 0 Å². The number of ether oxygens (including phenoxy) is 1. The van der Waals surface area contributed by atoms with Gasteiger partial charge in [0.2, 0.25) is 0 Å². The van der Waals surface area contributed by atoms with Gasteiger partial charge in [0.25, 0.3) is 5.56 Å². The van der Waals surface area contributed by atoms with E-state index in [0.29, 0.717) is 5.92 Å². The summed E-state index contributed by atoms with van der Waals surface area (Å²) in [4.78, 5) is 16.5. The number of nitrogens with zero attached hydrogens (tertiary/aromatic N) is 2. The van der Waals surface area contributed by atoms with Crippen LogP contribution in [0.5, 0.6) is 0 Å². The summed E-state index contributed by atoms with van der Waals surface area (Å²) in [6, 6.07) is 1.67. The van der Waals surface area contributed by atoms with Gasteiger partial charge in [0.1, 0.15) is 0 Å². The highest BCUT2D eigenvalue weighted by Gasteiger charge is 2.18. The molecule has 0 amide bonds. The molecule has 100 valence electrons. The highest BCUT2D eigenvalue weighted by Crippen LogP contribution is 2.19. The first-order chi connectivity index (χ1) is 8.47. The van der Waals surface area contributed by atoms with E-state index in [2.05, 4.69) is 25.8 Å². The van der Waals surface area contributed by atoms with Gasteiger partial charge in [0.05, 0.1) is 12.0 Å². The molecule has 2 heterocycles. The van der Waals surface area contributed by atoms with Crippen LogP contribution in [-0.4, -0.2) is 22.8 Å². The summed E-state index contributed by atoms with van der Waals surface area (Å²) in [5, 5.41) is 0. The van der Waals surface area contributed by atoms with Crippen molar-refractivity contribution in [3.05, 3.63) is 28.4 Å². The van der Waals surface area contributed by atoms with Crippen LogP contribution >= 0.6 is 0 Å². The maximum Gasteiger partial charge on any atom is 0.253 e. The molecule has 2 rings (SSSR count). The third-order valence-electron chi connectivity index (χ3n) is 3.44. The minimum Gasteiger partial charge on any atom is -0.381 e. The molecule has 1 fully saturated rings. The van der Waals surface area contributed by atoms with Crippen LogP contribution in [0.15, 0.2) is 17.2 Å². The Hall–Kier alpha value is -1.16. The molecule has 0 radical (unpaired) electrons. The van der Waals surface area contributed by atoms with E-state index < -0.39 is 0 Å². The summed E-state index contributed by atoms with van der Waals surface area (Å²) in [5.74, 6) is 0.540. The van der Waals surface area contributed by atoms with Crippen molar-refractivity contribution >= 4 is 0 Å². The van der Waals surface area contributed by atoms with Gasteiger partial charge in [-0.15, -0.1) is 0 Å². The molecule has 1 aromatic heterocycles. The van der Waals surface area contributed by atoms with Crippen LogP contribution in [0.1, 0.15) is 39.3 Å². The normalized spacial score (nSPS) is 17.9. The largest absolute Gasteiger partial charge is 0.381 e. The second kappa shape index (κ2) is 5.22. The Bertz CT molecular complexity index is 454. The zero-order valence-corrected chi connectivity index (χ0v) is 11.5. The Morgan fingerprint density at radius 3 is 2.61 bits per heavy atom. The van der Waals surface area contributed by atoms with E-state index in [1.165, 1.54) is 0 Å². The van der Waals surface area contributed by atoms with E-state index in [1.807, 2.05) is 0 Å². The molecule has 0 aromatic carbocycles. The molecular weight excluding hydrogens is 228 g/mol. The van der Waals surface area contributed by atoms with Crippen molar-refractivity contribution in [1.29, 1.82) is 0 Å². The minimum absolute atomic E-state index is 0.0569. The Labute approximate surface area is 108 Å². The van der Waals surface area contributed by atoms with Crippen LogP contribution in [0, 0.1) is 5.92 Å². The van der Waals surface area contributed by atoms with E-state index in [-0.39, 0.29) is 11.0 Å². The van der Waals surface area contributed by atoms with E-state index >= 15 is 0 Å². The van der Waals surface area contributed by atoms with Crippen molar-refractivity contribution in [2.45, 2.75) is 45.6 Å². The van der Waals surface area contributed by atoms with Crippen molar-refractivity contribution < 1.29 is 4.74 Å². The summed E-state index contributed by atoms with van der Waals surface area (Å²) in [7, 11) is 0. The molecule has 0 aliphatic carbocycles. The lowest BCUT2D eigenvalue weighted by Crippen LogP contribution is -2.29. The SMILES string of the molecule is CC(C)(C)c1cc(=O)n(CC2CCOCC2)cn1. The molecule has 0 atom stereocenters. The molecule has 18 heavy (non-hydrogen) atoms. The maximum atomic E-state index is 12.1. The van der Waals surface area contributed by atoms with E-state index in [1.54, 1.807) is 17.0 Å². The van der Waals surface area contributed by atoms with Gasteiger partial charge in [0.15, 0.2) is 0 Å². The zero-order chi connectivity index (χ0) is 13.2.